The quantitative estimate of drug-likeness (QED) is 0.113. The lowest BCUT2D eigenvalue weighted by molar-refractivity contribution is -0.146. The molecule has 3 aliphatic rings. The van der Waals surface area contributed by atoms with Gasteiger partial charge in [-0.3, -0.25) is 38.4 Å². The molecule has 19 nitrogen and oxygen atoms in total. The van der Waals surface area contributed by atoms with Gasteiger partial charge in [-0.05, 0) is 66.7 Å². The Morgan fingerprint density at radius 1 is 0.775 bits per heavy atom. The number of fused-ring (bicyclic) bond motifs is 2. The van der Waals surface area contributed by atoms with Crippen LogP contribution < -0.4 is 32.7 Å². The second kappa shape index (κ2) is 23.1. The van der Waals surface area contributed by atoms with Crippen LogP contribution in [0, 0.1) is 11.8 Å². The number of primary amides is 2. The topological polar surface area (TPSA) is 286 Å². The number of nitrogens with zero attached hydrogens (tertiary/aromatic N) is 4. The number of aromatic nitrogens is 4. The van der Waals surface area contributed by atoms with Gasteiger partial charge in [0, 0.05) is 78.7 Å². The number of nitrogens with two attached hydrogens (primary N) is 2. The maximum Gasteiger partial charge on any atom is 0.243 e. The maximum atomic E-state index is 15.4. The van der Waals surface area contributed by atoms with Gasteiger partial charge in [-0.2, -0.15) is 0 Å². The third-order valence-electron chi connectivity index (χ3n) is 14.0. The summed E-state index contributed by atoms with van der Waals surface area (Å²) in [4.78, 5) is 116. The van der Waals surface area contributed by atoms with Crippen LogP contribution in [0.3, 0.4) is 0 Å². The van der Waals surface area contributed by atoms with Gasteiger partial charge in [-0.1, -0.05) is 73.0 Å². The first-order chi connectivity index (χ1) is 34.3. The van der Waals surface area contributed by atoms with Crippen LogP contribution in [-0.2, 0) is 44.8 Å². The van der Waals surface area contributed by atoms with E-state index >= 15 is 9.59 Å². The normalized spacial score (nSPS) is 24.1. The summed E-state index contributed by atoms with van der Waals surface area (Å²) in [6, 6.07) is 14.0. The number of hydrogen-bond acceptors (Lipinski definition) is 11. The summed E-state index contributed by atoms with van der Waals surface area (Å²) < 4.78 is 1.64. The highest BCUT2D eigenvalue weighted by molar-refractivity contribution is 7.13. The molecule has 8 rings (SSSR count). The van der Waals surface area contributed by atoms with Crippen LogP contribution in [0.5, 0.6) is 0 Å². The number of aromatic amines is 1. The smallest absolute Gasteiger partial charge is 0.243 e. The molecule has 3 aromatic heterocycles. The molecular formula is C51H61N11O8S. The molecule has 71 heavy (non-hydrogen) atoms. The molecule has 6 atom stereocenters. The van der Waals surface area contributed by atoms with Crippen molar-refractivity contribution in [1.29, 1.82) is 0 Å². The van der Waals surface area contributed by atoms with Crippen molar-refractivity contribution in [2.75, 3.05) is 13.1 Å². The van der Waals surface area contributed by atoms with Gasteiger partial charge in [0.05, 0.1) is 24.7 Å². The molecule has 2 aliphatic heterocycles. The zero-order chi connectivity index (χ0) is 50.0. The van der Waals surface area contributed by atoms with Crippen molar-refractivity contribution in [3.63, 3.8) is 0 Å². The van der Waals surface area contributed by atoms with E-state index in [1.54, 1.807) is 28.4 Å². The fourth-order valence-corrected chi connectivity index (χ4v) is 10.9. The third-order valence-corrected chi connectivity index (χ3v) is 15.0. The lowest BCUT2D eigenvalue weighted by atomic mass is 9.76. The number of ketones is 1. The van der Waals surface area contributed by atoms with Crippen molar-refractivity contribution < 1.29 is 38.4 Å². The number of hydrogen-bond donors (Lipinski definition) is 7. The van der Waals surface area contributed by atoms with Crippen molar-refractivity contribution >= 4 is 69.4 Å². The summed E-state index contributed by atoms with van der Waals surface area (Å²) in [7, 11) is 0. The van der Waals surface area contributed by atoms with Crippen LogP contribution in [0.15, 0.2) is 78.4 Å². The van der Waals surface area contributed by atoms with Crippen LogP contribution in [-0.4, -0.2) is 109 Å². The molecule has 0 unspecified atom stereocenters. The van der Waals surface area contributed by atoms with E-state index in [0.717, 1.165) is 46.2 Å². The van der Waals surface area contributed by atoms with Crippen LogP contribution in [0.4, 0.5) is 0 Å². The summed E-state index contributed by atoms with van der Waals surface area (Å²) in [5, 5.41) is 22.9. The van der Waals surface area contributed by atoms with Gasteiger partial charge in [0.2, 0.25) is 41.4 Å². The van der Waals surface area contributed by atoms with Crippen molar-refractivity contribution in [1.82, 2.24) is 46.1 Å². The largest absolute Gasteiger partial charge is 0.370 e. The predicted octanol–water partition coefficient (Wildman–Crippen LogP) is 3.59. The number of nitrogens with one attached hydrogen (secondary N) is 5. The van der Waals surface area contributed by atoms with Gasteiger partial charge in [0.25, 0.3) is 0 Å². The lowest BCUT2D eigenvalue weighted by Crippen LogP contribution is -2.57. The molecule has 2 aromatic carbocycles. The average Bonchev–Trinajstić information content (AvgIpc) is 4.22. The second-order valence-electron chi connectivity index (χ2n) is 18.9. The minimum atomic E-state index is -1.36. The number of benzene rings is 2. The van der Waals surface area contributed by atoms with Gasteiger partial charge in [0.15, 0.2) is 5.78 Å². The molecule has 374 valence electrons. The standard InChI is InChI=1S/C51H61N11O8S/c52-45(64)26-39-43(63)25-36(30-9-2-1-3-10-30)51(70)61-28-34(62-29-41(59-60-62)31-15-17-32(18-16-31)44-14-8-22-71-44)24-42(61)50(69)58-40(23-33-27-55-37-12-5-4-11-35(33)37)49(68)57-38(48(53)67)13-6-7-21-54-46(65)19-20-47(66)56-39/h4-5,8,11-12,14-18,22,27,29-30,34,36,38-40,42,55H,1-3,6-7,9-10,13,19-21,23-26,28H2,(H2,52,64)(H2,53,67)(H,54,65)(H,56,66)(H,57,68)(H,58,69)/t34-,36-,38-,39-,40-,42-/m0/s1. The van der Waals surface area contributed by atoms with Gasteiger partial charge < -0.3 is 42.6 Å². The van der Waals surface area contributed by atoms with Crippen molar-refractivity contribution in [3.05, 3.63) is 84.0 Å². The van der Waals surface area contributed by atoms with Gasteiger partial charge in [-0.15, -0.1) is 16.4 Å². The zero-order valence-corrected chi connectivity index (χ0v) is 40.3. The molecule has 3 fully saturated rings. The molecule has 2 saturated heterocycles. The first-order valence-corrected chi connectivity index (χ1v) is 25.4. The lowest BCUT2D eigenvalue weighted by Gasteiger charge is -2.35. The van der Waals surface area contributed by atoms with E-state index in [0.29, 0.717) is 36.9 Å². The van der Waals surface area contributed by atoms with E-state index in [4.69, 9.17) is 11.5 Å². The minimum Gasteiger partial charge on any atom is -0.370 e. The summed E-state index contributed by atoms with van der Waals surface area (Å²) in [6.07, 6.45) is 6.98. The fourth-order valence-electron chi connectivity index (χ4n) is 10.2. The molecule has 5 aromatic rings. The summed E-state index contributed by atoms with van der Waals surface area (Å²) >= 11 is 1.63. The first kappa shape index (κ1) is 50.2. The first-order valence-electron chi connectivity index (χ1n) is 24.5. The Labute approximate surface area is 414 Å². The van der Waals surface area contributed by atoms with Gasteiger partial charge >= 0.3 is 0 Å². The van der Waals surface area contributed by atoms with Crippen molar-refractivity contribution in [2.45, 2.75) is 120 Å². The predicted molar refractivity (Wildman–Crippen MR) is 265 cm³/mol. The van der Waals surface area contributed by atoms with Crippen LogP contribution in [0.2, 0.25) is 0 Å². The Morgan fingerprint density at radius 3 is 2.27 bits per heavy atom. The van der Waals surface area contributed by atoms with Crippen LogP contribution >= 0.6 is 11.3 Å². The molecular weight excluding hydrogens is 927 g/mol. The van der Waals surface area contributed by atoms with E-state index in [1.807, 2.05) is 66.0 Å². The van der Waals surface area contributed by atoms with E-state index in [2.05, 4.69) is 36.6 Å². The van der Waals surface area contributed by atoms with Gasteiger partial charge in [0.1, 0.15) is 23.8 Å². The van der Waals surface area contributed by atoms with E-state index in [9.17, 15) is 28.8 Å². The Kier molecular flexibility index (Phi) is 16.3. The number of rotatable bonds is 9. The molecule has 20 heteroatoms. The maximum absolute atomic E-state index is 15.4. The van der Waals surface area contributed by atoms with E-state index < -0.39 is 89.7 Å². The molecule has 5 heterocycles. The molecule has 9 N–H and O–H groups in total. The van der Waals surface area contributed by atoms with Crippen LogP contribution in [0.25, 0.3) is 32.6 Å². The highest BCUT2D eigenvalue weighted by atomic mass is 32.1. The Hall–Kier alpha value is -7.22. The highest BCUT2D eigenvalue weighted by Gasteiger charge is 2.46. The highest BCUT2D eigenvalue weighted by Crippen LogP contribution is 2.37. The molecule has 0 bridgehead atoms. The number of carbonyl (C=O) groups is 8. The Bertz CT molecular complexity index is 2730. The van der Waals surface area contributed by atoms with Crippen LogP contribution in [0.1, 0.15) is 95.1 Å². The van der Waals surface area contributed by atoms with Gasteiger partial charge in [-0.25, -0.2) is 4.68 Å². The summed E-state index contributed by atoms with van der Waals surface area (Å²) in [5.41, 5.74) is 15.4. The monoisotopic (exact) mass is 987 g/mol. The number of thiophene rings is 1. The Morgan fingerprint density at radius 2 is 1.52 bits per heavy atom. The summed E-state index contributed by atoms with van der Waals surface area (Å²) in [5.74, 6) is -6.27. The number of amides is 7. The molecule has 7 amide bonds. The minimum absolute atomic E-state index is 0.00101. The summed E-state index contributed by atoms with van der Waals surface area (Å²) in [6.45, 7) is 0.206. The SMILES string of the molecule is NC(=O)C[C@@H]1NC(=O)CCC(=O)NCCCC[C@@H](C(N)=O)NC(=O)[C@H](Cc2c[nH]c3ccccc23)NC(=O)[C@@H]2C[C@H](n3cc(-c4ccc(-c5cccs5)cc4)nn3)CN2C(=O)[C@H](C2CCCCC2)CC1=O. The number of para-hydroxylation sites is 1. The van der Waals surface area contributed by atoms with Crippen molar-refractivity contribution in [3.8, 4) is 21.7 Å². The molecule has 0 spiro atoms. The fraction of sp³-hybridized carbons (Fsp3) is 0.451. The number of H-pyrrole nitrogens is 1. The molecule has 1 saturated carbocycles. The van der Waals surface area contributed by atoms with E-state index in [-0.39, 0.29) is 57.5 Å². The zero-order valence-electron chi connectivity index (χ0n) is 39.5. The second-order valence-corrected chi connectivity index (χ2v) is 19.9. The number of Topliss-reactive ketones (excluding diaryl/α,β-unsaturated/α-hetero) is 1. The Balaban J connectivity index is 1.15. The van der Waals surface area contributed by atoms with E-state index in [1.165, 1.54) is 4.90 Å². The average molecular weight is 988 g/mol. The molecule has 0 radical (unpaired) electrons. The van der Waals surface area contributed by atoms with Crippen molar-refractivity contribution in [2.24, 2.45) is 23.3 Å². The third kappa shape index (κ3) is 12.6. The number of carbonyl (C=O) groups excluding carboxylic acids is 8. The molecule has 1 aliphatic carbocycles.